The van der Waals surface area contributed by atoms with Crippen molar-refractivity contribution in [1.29, 1.82) is 0 Å². The van der Waals surface area contributed by atoms with Gasteiger partial charge in [0.15, 0.2) is 0 Å². The molecule has 0 bridgehead atoms. The Morgan fingerprint density at radius 2 is 1.95 bits per heavy atom. The third-order valence-electron chi connectivity index (χ3n) is 4.14. The zero-order valence-electron chi connectivity index (χ0n) is 12.7. The first-order valence-electron chi connectivity index (χ1n) is 7.69. The van der Waals surface area contributed by atoms with Gasteiger partial charge in [-0.3, -0.25) is 9.69 Å². The van der Waals surface area contributed by atoms with Gasteiger partial charge < -0.3 is 10.4 Å². The lowest BCUT2D eigenvalue weighted by atomic mass is 9.91. The average Bonchev–Trinajstić information content (AvgIpc) is 2.49. The normalized spacial score (nSPS) is 21.9. The van der Waals surface area contributed by atoms with Crippen LogP contribution in [-0.2, 0) is 4.79 Å². The minimum absolute atomic E-state index is 0.0474. The van der Waals surface area contributed by atoms with Crippen molar-refractivity contribution < 1.29 is 9.90 Å². The molecule has 0 saturated heterocycles. The molecule has 2 atom stereocenters. The second-order valence-electron chi connectivity index (χ2n) is 5.63. The van der Waals surface area contributed by atoms with Crippen molar-refractivity contribution >= 4 is 34.8 Å². The number of halogens is 2. The number of carbonyl (C=O) groups excluding carboxylic acids is 1. The van der Waals surface area contributed by atoms with Gasteiger partial charge in [0.05, 0.1) is 28.4 Å². The van der Waals surface area contributed by atoms with Crippen molar-refractivity contribution in [3.05, 3.63) is 28.2 Å². The molecule has 6 heteroatoms. The van der Waals surface area contributed by atoms with Crippen molar-refractivity contribution in [3.63, 3.8) is 0 Å². The maximum absolute atomic E-state index is 12.3. The smallest absolute Gasteiger partial charge is 0.238 e. The summed E-state index contributed by atoms with van der Waals surface area (Å²) in [5.41, 5.74) is 0.441. The Labute approximate surface area is 141 Å². The summed E-state index contributed by atoms with van der Waals surface area (Å²) >= 11 is 12.1. The van der Waals surface area contributed by atoms with Gasteiger partial charge in [0.25, 0.3) is 0 Å². The fourth-order valence-electron chi connectivity index (χ4n) is 2.96. The number of nitrogens with one attached hydrogen (secondary N) is 1. The summed E-state index contributed by atoms with van der Waals surface area (Å²) in [5.74, 6) is -0.172. The molecule has 0 heterocycles. The number of rotatable bonds is 5. The van der Waals surface area contributed by atoms with E-state index in [1.165, 1.54) is 0 Å². The minimum Gasteiger partial charge on any atom is -0.391 e. The molecule has 2 N–H and O–H groups in total. The summed E-state index contributed by atoms with van der Waals surface area (Å²) in [6, 6.07) is 5.15. The van der Waals surface area contributed by atoms with Crippen LogP contribution in [0.25, 0.3) is 0 Å². The van der Waals surface area contributed by atoms with E-state index >= 15 is 0 Å². The second-order valence-corrected chi connectivity index (χ2v) is 6.44. The zero-order chi connectivity index (χ0) is 16.1. The van der Waals surface area contributed by atoms with Crippen LogP contribution in [0.15, 0.2) is 18.2 Å². The quantitative estimate of drug-likeness (QED) is 0.858. The largest absolute Gasteiger partial charge is 0.391 e. The molecule has 1 fully saturated rings. The summed E-state index contributed by atoms with van der Waals surface area (Å²) in [6.45, 7) is 2.93. The number of hydrogen-bond acceptors (Lipinski definition) is 3. The Morgan fingerprint density at radius 3 is 2.55 bits per heavy atom. The first-order chi connectivity index (χ1) is 10.5. The van der Waals surface area contributed by atoms with Crippen LogP contribution >= 0.6 is 23.2 Å². The second kappa shape index (κ2) is 8.16. The minimum atomic E-state index is -0.356. The molecule has 2 rings (SSSR count). The van der Waals surface area contributed by atoms with Gasteiger partial charge in [-0.25, -0.2) is 0 Å². The van der Waals surface area contributed by atoms with Crippen LogP contribution in [-0.4, -0.2) is 41.1 Å². The monoisotopic (exact) mass is 344 g/mol. The molecule has 4 nitrogen and oxygen atoms in total. The Balaban J connectivity index is 2.00. The fourth-order valence-corrected chi connectivity index (χ4v) is 3.45. The number of likely N-dealkylation sites (N-methyl/N-ethyl adjacent to an activating group) is 1. The maximum atomic E-state index is 12.3. The highest BCUT2D eigenvalue weighted by Crippen LogP contribution is 2.30. The van der Waals surface area contributed by atoms with Gasteiger partial charge >= 0.3 is 0 Å². The third-order valence-corrected chi connectivity index (χ3v) is 4.77. The van der Waals surface area contributed by atoms with Gasteiger partial charge in [0, 0.05) is 6.04 Å². The van der Waals surface area contributed by atoms with Crippen molar-refractivity contribution in [2.24, 2.45) is 0 Å². The van der Waals surface area contributed by atoms with Crippen molar-refractivity contribution in [2.75, 3.05) is 18.4 Å². The zero-order valence-corrected chi connectivity index (χ0v) is 14.2. The lowest BCUT2D eigenvalue weighted by molar-refractivity contribution is -0.118. The molecule has 1 aliphatic carbocycles. The molecule has 1 amide bonds. The molecule has 122 valence electrons. The molecule has 2 unspecified atom stereocenters. The summed E-state index contributed by atoms with van der Waals surface area (Å²) in [7, 11) is 0. The Hall–Kier alpha value is -0.810. The lowest BCUT2D eigenvalue weighted by Crippen LogP contribution is -2.48. The van der Waals surface area contributed by atoms with Crippen molar-refractivity contribution in [1.82, 2.24) is 4.90 Å². The number of benzene rings is 1. The molecule has 1 aromatic rings. The van der Waals surface area contributed by atoms with Crippen LogP contribution in [0.3, 0.4) is 0 Å². The highest BCUT2D eigenvalue weighted by atomic mass is 35.5. The van der Waals surface area contributed by atoms with Crippen LogP contribution in [0.2, 0.25) is 10.0 Å². The number of anilines is 1. The number of para-hydroxylation sites is 1. The maximum Gasteiger partial charge on any atom is 0.238 e. The van der Waals surface area contributed by atoms with E-state index in [9.17, 15) is 9.90 Å². The standard InChI is InChI=1S/C16H22Cl2N2O2/c1-2-20(13-8-3-4-9-14(13)21)10-15(22)19-16-11(17)6-5-7-12(16)18/h5-7,13-14,21H,2-4,8-10H2,1H3,(H,19,22). The number of amides is 1. The summed E-state index contributed by atoms with van der Waals surface area (Å²) in [6.07, 6.45) is 3.52. The van der Waals surface area contributed by atoms with Crippen LogP contribution in [0, 0.1) is 0 Å². The van der Waals surface area contributed by atoms with E-state index in [4.69, 9.17) is 23.2 Å². The fraction of sp³-hybridized carbons (Fsp3) is 0.562. The van der Waals surface area contributed by atoms with Crippen LogP contribution in [0.4, 0.5) is 5.69 Å². The van der Waals surface area contributed by atoms with Gasteiger partial charge in [-0.15, -0.1) is 0 Å². The molecular formula is C16H22Cl2N2O2. The number of nitrogens with zero attached hydrogens (tertiary/aromatic N) is 1. The third kappa shape index (κ3) is 4.35. The van der Waals surface area contributed by atoms with Crippen LogP contribution in [0.5, 0.6) is 0 Å². The van der Waals surface area contributed by atoms with Crippen LogP contribution in [0.1, 0.15) is 32.6 Å². The van der Waals surface area contributed by atoms with E-state index < -0.39 is 0 Å². The predicted octanol–water partition coefficient (Wildman–Crippen LogP) is 3.56. The van der Waals surface area contributed by atoms with Gasteiger partial charge in [0.2, 0.25) is 5.91 Å². The summed E-state index contributed by atoms with van der Waals surface area (Å²) < 4.78 is 0. The average molecular weight is 345 g/mol. The predicted molar refractivity (Wildman–Crippen MR) is 90.6 cm³/mol. The summed E-state index contributed by atoms with van der Waals surface area (Å²) in [4.78, 5) is 14.3. The first kappa shape index (κ1) is 17.5. The lowest BCUT2D eigenvalue weighted by Gasteiger charge is -2.36. The van der Waals surface area contributed by atoms with E-state index in [0.717, 1.165) is 25.7 Å². The van der Waals surface area contributed by atoms with E-state index in [1.807, 2.05) is 11.8 Å². The van der Waals surface area contributed by atoms with E-state index in [-0.39, 0.29) is 24.6 Å². The van der Waals surface area contributed by atoms with Crippen molar-refractivity contribution in [3.8, 4) is 0 Å². The Kier molecular flexibility index (Phi) is 6.50. The van der Waals surface area contributed by atoms with E-state index in [1.54, 1.807) is 18.2 Å². The Morgan fingerprint density at radius 1 is 1.32 bits per heavy atom. The molecule has 0 radical (unpaired) electrons. The number of aliphatic hydroxyl groups excluding tert-OH is 1. The highest BCUT2D eigenvalue weighted by molar-refractivity contribution is 6.39. The molecule has 0 spiro atoms. The van der Waals surface area contributed by atoms with Crippen molar-refractivity contribution in [2.45, 2.75) is 44.8 Å². The molecule has 1 aliphatic rings. The Bertz CT molecular complexity index is 505. The molecule has 0 aliphatic heterocycles. The highest BCUT2D eigenvalue weighted by Gasteiger charge is 2.29. The van der Waals surface area contributed by atoms with Gasteiger partial charge in [-0.1, -0.05) is 49.0 Å². The number of carbonyl (C=O) groups is 1. The van der Waals surface area contributed by atoms with Gasteiger partial charge in [-0.05, 0) is 31.5 Å². The number of aliphatic hydroxyl groups is 1. The number of hydrogen-bond donors (Lipinski definition) is 2. The summed E-state index contributed by atoms with van der Waals surface area (Å²) in [5, 5.41) is 13.8. The molecule has 1 saturated carbocycles. The molecule has 1 aromatic carbocycles. The van der Waals surface area contributed by atoms with E-state index in [0.29, 0.717) is 22.3 Å². The topological polar surface area (TPSA) is 52.6 Å². The molecule has 22 heavy (non-hydrogen) atoms. The van der Waals surface area contributed by atoms with Crippen LogP contribution < -0.4 is 5.32 Å². The molecular weight excluding hydrogens is 323 g/mol. The SMILES string of the molecule is CCN(CC(=O)Nc1c(Cl)cccc1Cl)C1CCCCC1O. The first-order valence-corrected chi connectivity index (χ1v) is 8.44. The molecule has 0 aromatic heterocycles. The van der Waals surface area contributed by atoms with Gasteiger partial charge in [-0.2, -0.15) is 0 Å². The van der Waals surface area contributed by atoms with Gasteiger partial charge in [0.1, 0.15) is 0 Å². The van der Waals surface area contributed by atoms with E-state index in [2.05, 4.69) is 5.32 Å².